The lowest BCUT2D eigenvalue weighted by Crippen LogP contribution is -2.33. The van der Waals surface area contributed by atoms with Gasteiger partial charge in [-0.2, -0.15) is 0 Å². The minimum atomic E-state index is 0.0305. The molecule has 0 saturated carbocycles. The van der Waals surface area contributed by atoms with E-state index in [0.29, 0.717) is 0 Å². The molecule has 0 unspecified atom stereocenters. The molecule has 4 nitrogen and oxygen atoms in total. The minimum absolute atomic E-state index is 0.0305. The first-order valence-corrected chi connectivity index (χ1v) is 5.98. The second-order valence-electron chi connectivity index (χ2n) is 4.12. The summed E-state index contributed by atoms with van der Waals surface area (Å²) in [5.74, 6) is 0. The van der Waals surface area contributed by atoms with Crippen LogP contribution in [0.1, 0.15) is 19.3 Å². The predicted molar refractivity (Wildman–Crippen MR) is 56.8 cm³/mol. The monoisotopic (exact) mass is 215 g/mol. The topological polar surface area (TPSA) is 30.9 Å². The zero-order chi connectivity index (χ0) is 10.3. The SMILES string of the molecule is C1COC(CCN2CCCOCC2)OC1. The van der Waals surface area contributed by atoms with Crippen molar-refractivity contribution in [2.75, 3.05) is 46.1 Å². The molecule has 0 aliphatic carbocycles. The number of hydrogen-bond acceptors (Lipinski definition) is 4. The van der Waals surface area contributed by atoms with Crippen LogP contribution in [0.5, 0.6) is 0 Å². The Morgan fingerprint density at radius 3 is 2.67 bits per heavy atom. The summed E-state index contributed by atoms with van der Waals surface area (Å²) in [5.41, 5.74) is 0. The van der Waals surface area contributed by atoms with Gasteiger partial charge in [0.2, 0.25) is 0 Å². The number of rotatable bonds is 3. The summed E-state index contributed by atoms with van der Waals surface area (Å²) in [5, 5.41) is 0. The van der Waals surface area contributed by atoms with E-state index in [4.69, 9.17) is 14.2 Å². The van der Waals surface area contributed by atoms with Gasteiger partial charge < -0.3 is 19.1 Å². The van der Waals surface area contributed by atoms with Gasteiger partial charge in [-0.1, -0.05) is 0 Å². The highest BCUT2D eigenvalue weighted by Gasteiger charge is 2.16. The van der Waals surface area contributed by atoms with E-state index in [1.807, 2.05) is 0 Å². The Morgan fingerprint density at radius 2 is 1.80 bits per heavy atom. The summed E-state index contributed by atoms with van der Waals surface area (Å²) in [7, 11) is 0. The van der Waals surface area contributed by atoms with Gasteiger partial charge in [-0.25, -0.2) is 0 Å². The summed E-state index contributed by atoms with van der Waals surface area (Å²) in [4.78, 5) is 2.44. The van der Waals surface area contributed by atoms with Crippen LogP contribution in [0.3, 0.4) is 0 Å². The maximum absolute atomic E-state index is 5.52. The molecule has 2 fully saturated rings. The standard InChI is InChI=1S/C11H21NO3/c1-4-12(6-10-13-7-1)5-3-11-14-8-2-9-15-11/h11H,1-10H2. The van der Waals surface area contributed by atoms with Crippen LogP contribution in [0.2, 0.25) is 0 Å². The lowest BCUT2D eigenvalue weighted by atomic mass is 10.3. The molecule has 2 rings (SSSR count). The molecule has 0 aromatic rings. The molecule has 4 heteroatoms. The van der Waals surface area contributed by atoms with Crippen molar-refractivity contribution in [3.8, 4) is 0 Å². The van der Waals surface area contributed by atoms with E-state index in [1.54, 1.807) is 0 Å². The van der Waals surface area contributed by atoms with Crippen molar-refractivity contribution in [2.24, 2.45) is 0 Å². The molecule has 0 radical (unpaired) electrons. The second kappa shape index (κ2) is 6.43. The summed E-state index contributed by atoms with van der Waals surface area (Å²) < 4.78 is 16.5. The highest BCUT2D eigenvalue weighted by molar-refractivity contribution is 4.63. The third-order valence-electron chi connectivity index (χ3n) is 2.89. The smallest absolute Gasteiger partial charge is 0.158 e. The highest BCUT2D eigenvalue weighted by atomic mass is 16.7. The molecule has 2 heterocycles. The number of hydrogen-bond donors (Lipinski definition) is 0. The molecule has 0 N–H and O–H groups in total. The number of nitrogens with zero attached hydrogens (tertiary/aromatic N) is 1. The normalized spacial score (nSPS) is 26.4. The van der Waals surface area contributed by atoms with Crippen LogP contribution in [-0.2, 0) is 14.2 Å². The Morgan fingerprint density at radius 1 is 0.933 bits per heavy atom. The average molecular weight is 215 g/mol. The molecule has 2 aliphatic heterocycles. The van der Waals surface area contributed by atoms with E-state index in [1.165, 1.54) is 0 Å². The fourth-order valence-electron chi connectivity index (χ4n) is 2.01. The van der Waals surface area contributed by atoms with Gasteiger partial charge in [0.25, 0.3) is 0 Å². The lowest BCUT2D eigenvalue weighted by molar-refractivity contribution is -0.182. The van der Waals surface area contributed by atoms with Gasteiger partial charge in [-0.15, -0.1) is 0 Å². The Kier molecular flexibility index (Phi) is 4.86. The van der Waals surface area contributed by atoms with Crippen molar-refractivity contribution in [3.63, 3.8) is 0 Å². The van der Waals surface area contributed by atoms with E-state index < -0.39 is 0 Å². The van der Waals surface area contributed by atoms with Gasteiger partial charge in [0, 0.05) is 32.7 Å². The van der Waals surface area contributed by atoms with Gasteiger partial charge in [-0.3, -0.25) is 0 Å². The van der Waals surface area contributed by atoms with Crippen LogP contribution in [0.4, 0.5) is 0 Å². The zero-order valence-electron chi connectivity index (χ0n) is 9.32. The molecule has 0 amide bonds. The van der Waals surface area contributed by atoms with Gasteiger partial charge >= 0.3 is 0 Å². The molecule has 2 aliphatic rings. The van der Waals surface area contributed by atoms with Crippen molar-refractivity contribution in [2.45, 2.75) is 25.6 Å². The maximum atomic E-state index is 5.52. The third-order valence-corrected chi connectivity index (χ3v) is 2.89. The molecule has 88 valence electrons. The molecule has 0 spiro atoms. The summed E-state index contributed by atoms with van der Waals surface area (Å²) in [6.07, 6.45) is 3.20. The first kappa shape index (κ1) is 11.3. The van der Waals surface area contributed by atoms with Crippen LogP contribution in [-0.4, -0.2) is 57.3 Å². The fraction of sp³-hybridized carbons (Fsp3) is 1.00. The molecule has 0 aromatic heterocycles. The second-order valence-corrected chi connectivity index (χ2v) is 4.12. The minimum Gasteiger partial charge on any atom is -0.380 e. The van der Waals surface area contributed by atoms with E-state index in [9.17, 15) is 0 Å². The van der Waals surface area contributed by atoms with E-state index in [0.717, 1.165) is 65.3 Å². The fourth-order valence-corrected chi connectivity index (χ4v) is 2.01. The quantitative estimate of drug-likeness (QED) is 0.699. The molecule has 0 bridgehead atoms. The van der Waals surface area contributed by atoms with E-state index >= 15 is 0 Å². The largest absolute Gasteiger partial charge is 0.380 e. The molecular formula is C11H21NO3. The molecule has 15 heavy (non-hydrogen) atoms. The zero-order valence-corrected chi connectivity index (χ0v) is 9.32. The first-order chi connectivity index (χ1) is 7.45. The van der Waals surface area contributed by atoms with Gasteiger partial charge in [0.1, 0.15) is 0 Å². The third kappa shape index (κ3) is 4.07. The van der Waals surface area contributed by atoms with Crippen molar-refractivity contribution in [1.82, 2.24) is 4.90 Å². The average Bonchev–Trinajstić information content (AvgIpc) is 2.56. The maximum Gasteiger partial charge on any atom is 0.158 e. The van der Waals surface area contributed by atoms with E-state index in [-0.39, 0.29) is 6.29 Å². The summed E-state index contributed by atoms with van der Waals surface area (Å²) >= 11 is 0. The van der Waals surface area contributed by atoms with Gasteiger partial charge in [0.05, 0.1) is 19.8 Å². The van der Waals surface area contributed by atoms with Crippen molar-refractivity contribution < 1.29 is 14.2 Å². The van der Waals surface area contributed by atoms with Gasteiger partial charge in [0.15, 0.2) is 6.29 Å². The Balaban J connectivity index is 1.62. The van der Waals surface area contributed by atoms with Crippen LogP contribution >= 0.6 is 0 Å². The highest BCUT2D eigenvalue weighted by Crippen LogP contribution is 2.10. The molecule has 2 saturated heterocycles. The van der Waals surface area contributed by atoms with Crippen LogP contribution in [0.15, 0.2) is 0 Å². The lowest BCUT2D eigenvalue weighted by Gasteiger charge is -2.26. The molecule has 0 atom stereocenters. The Labute approximate surface area is 91.5 Å². The van der Waals surface area contributed by atoms with Crippen LogP contribution < -0.4 is 0 Å². The van der Waals surface area contributed by atoms with Gasteiger partial charge in [-0.05, 0) is 12.8 Å². The molecule has 0 aromatic carbocycles. The van der Waals surface area contributed by atoms with Crippen molar-refractivity contribution in [1.29, 1.82) is 0 Å². The molecular weight excluding hydrogens is 194 g/mol. The van der Waals surface area contributed by atoms with Crippen LogP contribution in [0, 0.1) is 0 Å². The summed E-state index contributed by atoms with van der Waals surface area (Å²) in [6, 6.07) is 0. The van der Waals surface area contributed by atoms with E-state index in [2.05, 4.69) is 4.90 Å². The Hall–Kier alpha value is -0.160. The summed E-state index contributed by atoms with van der Waals surface area (Å²) in [6.45, 7) is 6.74. The first-order valence-electron chi connectivity index (χ1n) is 5.98. The van der Waals surface area contributed by atoms with Crippen LogP contribution in [0.25, 0.3) is 0 Å². The Bertz CT molecular complexity index is 163. The number of ether oxygens (including phenoxy) is 3. The van der Waals surface area contributed by atoms with Crippen molar-refractivity contribution >= 4 is 0 Å². The van der Waals surface area contributed by atoms with Crippen molar-refractivity contribution in [3.05, 3.63) is 0 Å². The predicted octanol–water partition coefficient (Wildman–Crippen LogP) is 0.862.